The highest BCUT2D eigenvalue weighted by Gasteiger charge is 2.37. The second kappa shape index (κ2) is 6.60. The van der Waals surface area contributed by atoms with E-state index in [0.29, 0.717) is 30.2 Å². The van der Waals surface area contributed by atoms with Crippen molar-refractivity contribution < 1.29 is 14.0 Å². The van der Waals surface area contributed by atoms with E-state index in [1.165, 1.54) is 4.57 Å². The number of rotatable bonds is 4. The van der Waals surface area contributed by atoms with Crippen molar-refractivity contribution in [3.05, 3.63) is 34.8 Å². The van der Waals surface area contributed by atoms with Gasteiger partial charge in [0.1, 0.15) is 6.54 Å². The van der Waals surface area contributed by atoms with Gasteiger partial charge in [-0.3, -0.25) is 19.1 Å². The summed E-state index contributed by atoms with van der Waals surface area (Å²) >= 11 is 0. The van der Waals surface area contributed by atoms with Crippen LogP contribution in [-0.4, -0.2) is 58.4 Å². The number of fused-ring (bicyclic) bond motifs is 1. The number of amides is 2. The molecule has 2 aliphatic heterocycles. The average Bonchev–Trinajstić information content (AvgIpc) is 2.90. The minimum Gasteiger partial charge on any atom is -0.408 e. The van der Waals surface area contributed by atoms with E-state index in [1.54, 1.807) is 23.1 Å². The van der Waals surface area contributed by atoms with Gasteiger partial charge in [0, 0.05) is 25.0 Å². The Hall–Kier alpha value is -2.61. The number of piperidine rings is 1. The SMILES string of the molecule is NC(=O)C1CCN(C2CN(C(=O)Cn3c(=O)oc4ccccc43)C2)CC1. The number of para-hydroxylation sites is 2. The molecule has 8 heteroatoms. The molecule has 1 aromatic carbocycles. The van der Waals surface area contributed by atoms with Crippen LogP contribution in [0.1, 0.15) is 12.8 Å². The maximum atomic E-state index is 12.5. The monoisotopic (exact) mass is 358 g/mol. The molecule has 2 N–H and O–H groups in total. The van der Waals surface area contributed by atoms with Gasteiger partial charge in [0.2, 0.25) is 11.8 Å². The van der Waals surface area contributed by atoms with Crippen LogP contribution in [0.3, 0.4) is 0 Å². The van der Waals surface area contributed by atoms with Crippen LogP contribution in [0.5, 0.6) is 0 Å². The third kappa shape index (κ3) is 3.01. The van der Waals surface area contributed by atoms with E-state index in [9.17, 15) is 14.4 Å². The van der Waals surface area contributed by atoms with Gasteiger partial charge in [-0.2, -0.15) is 0 Å². The van der Waals surface area contributed by atoms with Crippen LogP contribution in [-0.2, 0) is 16.1 Å². The molecule has 3 heterocycles. The van der Waals surface area contributed by atoms with Gasteiger partial charge in [-0.1, -0.05) is 12.1 Å². The van der Waals surface area contributed by atoms with E-state index in [4.69, 9.17) is 10.2 Å². The van der Waals surface area contributed by atoms with E-state index >= 15 is 0 Å². The Bertz CT molecular complexity index is 888. The number of nitrogens with two attached hydrogens (primary N) is 1. The molecule has 0 spiro atoms. The van der Waals surface area contributed by atoms with Crippen molar-refractivity contribution >= 4 is 22.9 Å². The Balaban J connectivity index is 1.33. The Labute approximate surface area is 150 Å². The summed E-state index contributed by atoms with van der Waals surface area (Å²) < 4.78 is 6.55. The van der Waals surface area contributed by atoms with Crippen LogP contribution in [0.25, 0.3) is 11.1 Å². The van der Waals surface area contributed by atoms with Gasteiger partial charge in [0.15, 0.2) is 5.58 Å². The molecule has 0 unspecified atom stereocenters. The second-order valence-corrected chi connectivity index (χ2v) is 7.09. The number of primary amides is 1. The molecule has 2 fully saturated rings. The van der Waals surface area contributed by atoms with Gasteiger partial charge in [-0.05, 0) is 38.1 Å². The summed E-state index contributed by atoms with van der Waals surface area (Å²) in [6.07, 6.45) is 1.58. The normalized spacial score (nSPS) is 19.6. The molecule has 2 aromatic rings. The Morgan fingerprint density at radius 2 is 1.85 bits per heavy atom. The largest absolute Gasteiger partial charge is 0.420 e. The van der Waals surface area contributed by atoms with Gasteiger partial charge in [-0.15, -0.1) is 0 Å². The van der Waals surface area contributed by atoms with Gasteiger partial charge >= 0.3 is 5.76 Å². The lowest BCUT2D eigenvalue weighted by atomic mass is 9.94. The highest BCUT2D eigenvalue weighted by molar-refractivity contribution is 5.80. The number of hydrogen-bond acceptors (Lipinski definition) is 5. The lowest BCUT2D eigenvalue weighted by Crippen LogP contribution is -2.63. The fraction of sp³-hybridized carbons (Fsp3) is 0.500. The van der Waals surface area contributed by atoms with Crippen molar-refractivity contribution in [1.29, 1.82) is 0 Å². The number of oxazole rings is 1. The maximum absolute atomic E-state index is 12.5. The standard InChI is InChI=1S/C18H22N4O4/c19-17(24)12-5-7-20(8-6-12)13-9-21(10-13)16(23)11-22-14-3-1-2-4-15(14)26-18(22)25/h1-4,12-13H,5-11H2,(H2,19,24). The fourth-order valence-electron chi connectivity index (χ4n) is 3.84. The van der Waals surface area contributed by atoms with E-state index in [-0.39, 0.29) is 24.3 Å². The zero-order valence-corrected chi connectivity index (χ0v) is 14.5. The molecule has 2 amide bonds. The molecule has 0 bridgehead atoms. The molecule has 2 saturated heterocycles. The zero-order chi connectivity index (χ0) is 18.3. The van der Waals surface area contributed by atoms with Crippen LogP contribution < -0.4 is 11.5 Å². The summed E-state index contributed by atoms with van der Waals surface area (Å²) in [7, 11) is 0. The quantitative estimate of drug-likeness (QED) is 0.829. The van der Waals surface area contributed by atoms with Crippen molar-refractivity contribution in [3.8, 4) is 0 Å². The third-order valence-corrected chi connectivity index (χ3v) is 5.53. The van der Waals surface area contributed by atoms with Crippen LogP contribution in [0.15, 0.2) is 33.5 Å². The molecule has 0 aliphatic carbocycles. The predicted molar refractivity (Wildman–Crippen MR) is 94.3 cm³/mol. The van der Waals surface area contributed by atoms with E-state index in [2.05, 4.69) is 4.90 Å². The molecule has 0 saturated carbocycles. The van der Waals surface area contributed by atoms with E-state index < -0.39 is 5.76 Å². The Kier molecular flexibility index (Phi) is 4.28. The second-order valence-electron chi connectivity index (χ2n) is 7.09. The van der Waals surface area contributed by atoms with Crippen molar-refractivity contribution in [2.75, 3.05) is 26.2 Å². The summed E-state index contributed by atoms with van der Waals surface area (Å²) in [5.74, 6) is -0.828. The predicted octanol–water partition coefficient (Wildman–Crippen LogP) is 0.00260. The minimum atomic E-state index is -0.509. The van der Waals surface area contributed by atoms with Crippen molar-refractivity contribution in [2.24, 2.45) is 11.7 Å². The minimum absolute atomic E-state index is 0.00762. The molecule has 0 atom stereocenters. The molecule has 8 nitrogen and oxygen atoms in total. The molecule has 1 aromatic heterocycles. The van der Waals surface area contributed by atoms with Gasteiger partial charge in [0.25, 0.3) is 0 Å². The summed E-state index contributed by atoms with van der Waals surface area (Å²) in [5.41, 5.74) is 6.49. The third-order valence-electron chi connectivity index (χ3n) is 5.53. The Morgan fingerprint density at radius 3 is 2.54 bits per heavy atom. The molecule has 26 heavy (non-hydrogen) atoms. The first-order valence-electron chi connectivity index (χ1n) is 8.92. The van der Waals surface area contributed by atoms with Crippen LogP contribution in [0, 0.1) is 5.92 Å². The first-order valence-corrected chi connectivity index (χ1v) is 8.92. The smallest absolute Gasteiger partial charge is 0.408 e. The van der Waals surface area contributed by atoms with Crippen LogP contribution >= 0.6 is 0 Å². The topological polar surface area (TPSA) is 102 Å². The number of benzene rings is 1. The number of nitrogens with zero attached hydrogens (tertiary/aromatic N) is 3. The molecule has 138 valence electrons. The lowest BCUT2D eigenvalue weighted by Gasteiger charge is -2.47. The number of hydrogen-bond donors (Lipinski definition) is 1. The molecule has 0 radical (unpaired) electrons. The molecular formula is C18H22N4O4. The number of carbonyl (C=O) groups is 2. The first kappa shape index (κ1) is 16.8. The first-order chi connectivity index (χ1) is 12.5. The van der Waals surface area contributed by atoms with Crippen molar-refractivity contribution in [1.82, 2.24) is 14.4 Å². The van der Waals surface area contributed by atoms with E-state index in [1.807, 2.05) is 6.07 Å². The highest BCUT2D eigenvalue weighted by atomic mass is 16.4. The summed E-state index contributed by atoms with van der Waals surface area (Å²) in [6, 6.07) is 7.42. The molecule has 4 rings (SSSR count). The molecular weight excluding hydrogens is 336 g/mol. The van der Waals surface area contributed by atoms with Crippen LogP contribution in [0.2, 0.25) is 0 Å². The average molecular weight is 358 g/mol. The van der Waals surface area contributed by atoms with Gasteiger partial charge in [-0.25, -0.2) is 4.79 Å². The van der Waals surface area contributed by atoms with Crippen LogP contribution in [0.4, 0.5) is 0 Å². The highest BCUT2D eigenvalue weighted by Crippen LogP contribution is 2.23. The summed E-state index contributed by atoms with van der Waals surface area (Å²) in [4.78, 5) is 39.8. The van der Waals surface area contributed by atoms with Crippen molar-refractivity contribution in [2.45, 2.75) is 25.4 Å². The fourth-order valence-corrected chi connectivity index (χ4v) is 3.84. The number of aromatic nitrogens is 1. The lowest BCUT2D eigenvalue weighted by molar-refractivity contribution is -0.140. The Morgan fingerprint density at radius 1 is 1.15 bits per heavy atom. The van der Waals surface area contributed by atoms with Gasteiger partial charge < -0.3 is 15.1 Å². The molecule has 2 aliphatic rings. The summed E-state index contributed by atoms with van der Waals surface area (Å²) in [5, 5.41) is 0. The maximum Gasteiger partial charge on any atom is 0.420 e. The van der Waals surface area contributed by atoms with Crippen molar-refractivity contribution in [3.63, 3.8) is 0 Å². The van der Waals surface area contributed by atoms with E-state index in [0.717, 1.165) is 25.9 Å². The number of carbonyl (C=O) groups excluding carboxylic acids is 2. The summed E-state index contributed by atoms with van der Waals surface area (Å²) in [6.45, 7) is 2.99. The van der Waals surface area contributed by atoms with Gasteiger partial charge in [0.05, 0.1) is 5.52 Å². The zero-order valence-electron chi connectivity index (χ0n) is 14.5. The number of likely N-dealkylation sites (tertiary alicyclic amines) is 2.